The maximum atomic E-state index is 15.7. The largest absolute Gasteiger partial charge is 0.477 e. The Labute approximate surface area is 168 Å². The summed E-state index contributed by atoms with van der Waals surface area (Å²) in [6.07, 6.45) is -0.631. The zero-order valence-electron chi connectivity index (χ0n) is 15.7. The SMILES string of the molecule is Nc1c(F)c(N2C[C@@H]3NCCO[C@@H]3C2)c(F)c2c1c(=O)c(C(=O)O)cn2[C@@H]1C[C@@H]1F. The number of aromatic carboxylic acids is 1. The number of alkyl halides is 1. The third kappa shape index (κ3) is 2.68. The minimum atomic E-state index is -1.58. The number of carboxylic acids is 1. The van der Waals surface area contributed by atoms with Gasteiger partial charge in [0.25, 0.3) is 0 Å². The Balaban J connectivity index is 1.75. The van der Waals surface area contributed by atoms with E-state index >= 15 is 8.78 Å². The highest BCUT2D eigenvalue weighted by Crippen LogP contribution is 2.44. The lowest BCUT2D eigenvalue weighted by Crippen LogP contribution is -2.47. The molecular weight excluding hydrogens is 405 g/mol. The monoisotopic (exact) mass is 424 g/mol. The van der Waals surface area contributed by atoms with Gasteiger partial charge in [-0.3, -0.25) is 4.79 Å². The van der Waals surface area contributed by atoms with Crippen LogP contribution >= 0.6 is 0 Å². The summed E-state index contributed by atoms with van der Waals surface area (Å²) in [6, 6.07) is -0.964. The number of carboxylic acid groups (broad SMARTS) is 1. The van der Waals surface area contributed by atoms with Crippen LogP contribution in [-0.2, 0) is 4.74 Å². The highest BCUT2D eigenvalue weighted by molar-refractivity contribution is 5.99. The van der Waals surface area contributed by atoms with Crippen LogP contribution in [0.3, 0.4) is 0 Å². The van der Waals surface area contributed by atoms with Gasteiger partial charge in [0.2, 0.25) is 5.43 Å². The molecule has 0 spiro atoms. The zero-order valence-corrected chi connectivity index (χ0v) is 15.7. The number of nitrogens with one attached hydrogen (secondary N) is 1. The molecule has 3 fully saturated rings. The fraction of sp³-hybridized carbons (Fsp3) is 0.474. The van der Waals surface area contributed by atoms with E-state index in [0.29, 0.717) is 13.2 Å². The van der Waals surface area contributed by atoms with Crippen LogP contribution < -0.4 is 21.4 Å². The van der Waals surface area contributed by atoms with E-state index in [1.54, 1.807) is 0 Å². The summed E-state index contributed by atoms with van der Waals surface area (Å²) in [6.45, 7) is 1.58. The number of fused-ring (bicyclic) bond motifs is 2. The first-order chi connectivity index (χ1) is 14.3. The number of nitrogens with zero attached hydrogens (tertiary/aromatic N) is 2. The zero-order chi connectivity index (χ0) is 21.3. The van der Waals surface area contributed by atoms with Crippen molar-refractivity contribution in [2.24, 2.45) is 0 Å². The fourth-order valence-electron chi connectivity index (χ4n) is 4.46. The predicted molar refractivity (Wildman–Crippen MR) is 102 cm³/mol. The molecular formula is C19H19F3N4O4. The van der Waals surface area contributed by atoms with Crippen LogP contribution in [-0.4, -0.2) is 60.2 Å². The average molecular weight is 424 g/mol. The summed E-state index contributed by atoms with van der Waals surface area (Å²) in [7, 11) is 0. The number of halogens is 3. The van der Waals surface area contributed by atoms with Gasteiger partial charge in [0, 0.05) is 32.3 Å². The van der Waals surface area contributed by atoms with Crippen molar-refractivity contribution < 1.29 is 27.8 Å². The van der Waals surface area contributed by atoms with Crippen molar-refractivity contribution in [1.82, 2.24) is 9.88 Å². The van der Waals surface area contributed by atoms with Gasteiger partial charge in [0.1, 0.15) is 17.4 Å². The molecule has 0 radical (unpaired) electrons. The normalized spacial score (nSPS) is 28.0. The number of anilines is 2. The Morgan fingerprint density at radius 3 is 2.67 bits per heavy atom. The Hall–Kier alpha value is -2.79. The standard InChI is InChI=1S/C19H19F3N4O4/c20-8-3-10(8)26-4-7(19(28)29)18(27)12-15(23)13(21)17(14(22)16(12)26)25-5-9-11(6-25)30-2-1-24-9/h4,8-11,24H,1-3,5-6,23H2,(H,28,29)/t8-,9-,10+,11+/m0/s1. The van der Waals surface area contributed by atoms with Crippen molar-refractivity contribution in [1.29, 1.82) is 0 Å². The summed E-state index contributed by atoms with van der Waals surface area (Å²) >= 11 is 0. The molecule has 30 heavy (non-hydrogen) atoms. The molecule has 2 aliphatic heterocycles. The van der Waals surface area contributed by atoms with Gasteiger partial charge in [-0.25, -0.2) is 18.0 Å². The highest BCUT2D eigenvalue weighted by atomic mass is 19.1. The summed E-state index contributed by atoms with van der Waals surface area (Å²) < 4.78 is 51.5. The Morgan fingerprint density at radius 1 is 1.30 bits per heavy atom. The summed E-state index contributed by atoms with van der Waals surface area (Å²) in [5.41, 5.74) is 2.60. The number of morpholine rings is 1. The van der Waals surface area contributed by atoms with E-state index in [0.717, 1.165) is 10.8 Å². The molecule has 3 aliphatic rings. The maximum absolute atomic E-state index is 15.7. The van der Waals surface area contributed by atoms with Crippen LogP contribution in [0.2, 0.25) is 0 Å². The molecule has 0 bridgehead atoms. The number of hydrogen-bond donors (Lipinski definition) is 3. The molecule has 2 saturated heterocycles. The Morgan fingerprint density at radius 2 is 2.03 bits per heavy atom. The average Bonchev–Trinajstić information content (AvgIpc) is 3.27. The molecule has 1 aromatic carbocycles. The molecule has 4 N–H and O–H groups in total. The second-order valence-electron chi connectivity index (χ2n) is 7.89. The molecule has 8 nitrogen and oxygen atoms in total. The minimum absolute atomic E-state index is 0.0364. The topological polar surface area (TPSA) is 110 Å². The second kappa shape index (κ2) is 6.61. The molecule has 1 aliphatic carbocycles. The van der Waals surface area contributed by atoms with E-state index < -0.39 is 57.6 Å². The number of hydrogen-bond acceptors (Lipinski definition) is 6. The van der Waals surface area contributed by atoms with E-state index in [1.807, 2.05) is 0 Å². The van der Waals surface area contributed by atoms with Crippen LogP contribution in [0.25, 0.3) is 10.9 Å². The number of nitrogens with two attached hydrogens (primary N) is 1. The molecule has 3 heterocycles. The van der Waals surface area contributed by atoms with Crippen molar-refractivity contribution in [2.75, 3.05) is 36.9 Å². The van der Waals surface area contributed by atoms with Gasteiger partial charge in [0.15, 0.2) is 11.6 Å². The number of ether oxygens (including phenoxy) is 1. The molecule has 4 atom stereocenters. The fourth-order valence-corrected chi connectivity index (χ4v) is 4.46. The number of carbonyl (C=O) groups is 1. The van der Waals surface area contributed by atoms with Gasteiger partial charge < -0.3 is 30.4 Å². The molecule has 2 aromatic rings. The van der Waals surface area contributed by atoms with Crippen LogP contribution in [0, 0.1) is 11.6 Å². The Kier molecular flexibility index (Phi) is 4.23. The molecule has 5 rings (SSSR count). The number of aromatic nitrogens is 1. The van der Waals surface area contributed by atoms with Crippen LogP contribution in [0.5, 0.6) is 0 Å². The lowest BCUT2D eigenvalue weighted by molar-refractivity contribution is 0.0212. The molecule has 0 unspecified atom stereocenters. The molecule has 160 valence electrons. The van der Waals surface area contributed by atoms with Crippen molar-refractivity contribution in [3.05, 3.63) is 33.6 Å². The summed E-state index contributed by atoms with van der Waals surface area (Å²) in [5, 5.41) is 12.0. The number of nitrogen functional groups attached to an aromatic ring is 1. The van der Waals surface area contributed by atoms with E-state index in [9.17, 15) is 19.1 Å². The number of pyridine rings is 1. The maximum Gasteiger partial charge on any atom is 0.341 e. The molecule has 1 saturated carbocycles. The van der Waals surface area contributed by atoms with Crippen LogP contribution in [0.15, 0.2) is 11.0 Å². The van der Waals surface area contributed by atoms with Crippen molar-refractivity contribution in [3.63, 3.8) is 0 Å². The lowest BCUT2D eigenvalue weighted by Gasteiger charge is -2.25. The van der Waals surface area contributed by atoms with Gasteiger partial charge in [-0.1, -0.05) is 0 Å². The van der Waals surface area contributed by atoms with Crippen LogP contribution in [0.4, 0.5) is 24.5 Å². The van der Waals surface area contributed by atoms with Crippen molar-refractivity contribution >= 4 is 28.2 Å². The first-order valence-electron chi connectivity index (χ1n) is 9.62. The van der Waals surface area contributed by atoms with Gasteiger partial charge >= 0.3 is 5.97 Å². The third-order valence-corrected chi connectivity index (χ3v) is 6.06. The van der Waals surface area contributed by atoms with Gasteiger partial charge in [-0.2, -0.15) is 0 Å². The van der Waals surface area contributed by atoms with Crippen molar-refractivity contribution in [2.45, 2.75) is 30.8 Å². The summed E-state index contributed by atoms with van der Waals surface area (Å²) in [4.78, 5) is 25.6. The molecule has 11 heteroatoms. The first-order valence-corrected chi connectivity index (χ1v) is 9.62. The van der Waals surface area contributed by atoms with E-state index in [2.05, 4.69) is 5.32 Å². The minimum Gasteiger partial charge on any atom is -0.477 e. The number of benzene rings is 1. The number of rotatable bonds is 3. The second-order valence-corrected chi connectivity index (χ2v) is 7.89. The predicted octanol–water partition coefficient (Wildman–Crippen LogP) is 1.02. The summed E-state index contributed by atoms with van der Waals surface area (Å²) in [5.74, 6) is -3.79. The quantitative estimate of drug-likeness (QED) is 0.631. The highest BCUT2D eigenvalue weighted by Gasteiger charge is 2.43. The third-order valence-electron chi connectivity index (χ3n) is 6.06. The van der Waals surface area contributed by atoms with Gasteiger partial charge in [-0.05, 0) is 0 Å². The van der Waals surface area contributed by atoms with Gasteiger partial charge in [0.05, 0.1) is 41.4 Å². The van der Waals surface area contributed by atoms with E-state index in [4.69, 9.17) is 10.5 Å². The molecule has 0 amide bonds. The van der Waals surface area contributed by atoms with E-state index in [1.165, 1.54) is 4.90 Å². The van der Waals surface area contributed by atoms with E-state index in [-0.39, 0.29) is 37.2 Å². The first kappa shape index (κ1) is 19.2. The van der Waals surface area contributed by atoms with Gasteiger partial charge in [-0.15, -0.1) is 0 Å². The Bertz CT molecular complexity index is 1120. The smallest absolute Gasteiger partial charge is 0.341 e. The molecule has 1 aromatic heterocycles. The van der Waals surface area contributed by atoms with Crippen LogP contribution in [0.1, 0.15) is 22.8 Å². The lowest BCUT2D eigenvalue weighted by atomic mass is 10.1. The van der Waals surface area contributed by atoms with Crippen molar-refractivity contribution in [3.8, 4) is 0 Å².